The predicted octanol–water partition coefficient (Wildman–Crippen LogP) is 4.09. The summed E-state index contributed by atoms with van der Waals surface area (Å²) in [5, 5.41) is 4.10. The minimum absolute atomic E-state index is 0. The molecule has 1 saturated carbocycles. The molecule has 1 aromatic heterocycles. The molecule has 0 radical (unpaired) electrons. The smallest absolute Gasteiger partial charge is 0.331 e. The van der Waals surface area contributed by atoms with E-state index in [1.54, 1.807) is 4.90 Å². The van der Waals surface area contributed by atoms with Crippen molar-refractivity contribution >= 4 is 42.3 Å². The fourth-order valence-corrected chi connectivity index (χ4v) is 4.64. The molecule has 0 spiro atoms. The third-order valence-electron chi connectivity index (χ3n) is 6.11. The molecule has 6 nitrogen and oxygen atoms in total. The van der Waals surface area contributed by atoms with Crippen LogP contribution in [0.15, 0.2) is 24.3 Å². The quantitative estimate of drug-likeness (QED) is 0.689. The number of benzene rings is 1. The number of amides is 1. The highest BCUT2D eigenvalue weighted by atomic mass is 35.5. The highest BCUT2D eigenvalue weighted by Gasteiger charge is 2.43. The van der Waals surface area contributed by atoms with Crippen molar-refractivity contribution in [1.82, 2.24) is 19.7 Å². The van der Waals surface area contributed by atoms with Gasteiger partial charge in [0.2, 0.25) is 5.82 Å². The molecule has 4 rings (SSSR count). The molecule has 1 amide bonds. The van der Waals surface area contributed by atoms with Gasteiger partial charge in [0.25, 0.3) is 11.7 Å². The van der Waals surface area contributed by atoms with E-state index in [2.05, 4.69) is 10.1 Å². The molecule has 1 aromatic carbocycles. The molecule has 2 aromatic rings. The maximum atomic E-state index is 12.9. The van der Waals surface area contributed by atoms with Crippen LogP contribution in [-0.2, 0) is 18.1 Å². The first-order valence-corrected chi connectivity index (χ1v) is 9.90. The standard InChI is InChI=1S/C19H21ClF3N5O.2ClH/c20-13-3-1-2-12(10-13)18(11-24)6-4-14(5-7-18)27-8-9-28-15(16(27)29)25-17(26-28)19(21,22)23;;/h1-3,10,14H,4-9,11,24H2;2*1H/t14-,18-;;. The van der Waals surface area contributed by atoms with Gasteiger partial charge in [-0.15, -0.1) is 29.9 Å². The van der Waals surface area contributed by atoms with Crippen LogP contribution in [-0.4, -0.2) is 44.7 Å². The fraction of sp³-hybridized carbons (Fsp3) is 0.526. The molecule has 2 aliphatic rings. The van der Waals surface area contributed by atoms with Gasteiger partial charge in [-0.05, 0) is 43.4 Å². The SMILES string of the molecule is Cl.Cl.NC[C@]1(c2cccc(Cl)c2)CC[C@H](N2CCn3nc(C(F)(F)F)nc3C2=O)CC1. The average Bonchev–Trinajstić information content (AvgIpc) is 3.14. The zero-order chi connectivity index (χ0) is 20.8. The Bertz CT molecular complexity index is 929. The highest BCUT2D eigenvalue weighted by Crippen LogP contribution is 2.41. The van der Waals surface area contributed by atoms with Crippen LogP contribution in [0.2, 0.25) is 5.02 Å². The summed E-state index contributed by atoms with van der Waals surface area (Å²) >= 11 is 6.15. The Balaban J connectivity index is 0.00000171. The number of aromatic nitrogens is 3. The summed E-state index contributed by atoms with van der Waals surface area (Å²) in [4.78, 5) is 17.9. The van der Waals surface area contributed by atoms with E-state index in [4.69, 9.17) is 17.3 Å². The zero-order valence-corrected chi connectivity index (χ0v) is 18.8. The molecular weight excluding hydrogens is 478 g/mol. The van der Waals surface area contributed by atoms with Crippen molar-refractivity contribution in [3.8, 4) is 0 Å². The molecule has 2 N–H and O–H groups in total. The van der Waals surface area contributed by atoms with Crippen LogP contribution in [0.3, 0.4) is 0 Å². The molecule has 1 aliphatic carbocycles. The third kappa shape index (κ3) is 4.79. The van der Waals surface area contributed by atoms with E-state index in [0.29, 0.717) is 18.1 Å². The van der Waals surface area contributed by atoms with E-state index >= 15 is 0 Å². The molecule has 1 aliphatic heterocycles. The Morgan fingerprint density at radius 3 is 2.45 bits per heavy atom. The predicted molar refractivity (Wildman–Crippen MR) is 115 cm³/mol. The Labute approximate surface area is 195 Å². The number of hydrogen-bond donors (Lipinski definition) is 1. The van der Waals surface area contributed by atoms with Crippen LogP contribution < -0.4 is 5.73 Å². The number of carbonyl (C=O) groups excluding carboxylic acids is 1. The Kier molecular flexibility index (Phi) is 7.90. The van der Waals surface area contributed by atoms with Gasteiger partial charge in [-0.2, -0.15) is 18.2 Å². The van der Waals surface area contributed by atoms with E-state index in [-0.39, 0.29) is 48.6 Å². The van der Waals surface area contributed by atoms with Crippen molar-refractivity contribution in [3.05, 3.63) is 46.5 Å². The number of carbonyl (C=O) groups is 1. The first kappa shape index (κ1) is 25.7. The summed E-state index contributed by atoms with van der Waals surface area (Å²) in [6, 6.07) is 7.62. The molecule has 172 valence electrons. The monoisotopic (exact) mass is 499 g/mol. The van der Waals surface area contributed by atoms with Crippen molar-refractivity contribution in [2.24, 2.45) is 5.73 Å². The van der Waals surface area contributed by atoms with Crippen molar-refractivity contribution in [2.75, 3.05) is 13.1 Å². The van der Waals surface area contributed by atoms with Crippen LogP contribution in [0.25, 0.3) is 0 Å². The maximum absolute atomic E-state index is 12.9. The van der Waals surface area contributed by atoms with Gasteiger partial charge in [0.05, 0.1) is 6.54 Å². The first-order chi connectivity index (χ1) is 13.7. The zero-order valence-electron chi connectivity index (χ0n) is 16.4. The van der Waals surface area contributed by atoms with Crippen LogP contribution >= 0.6 is 36.4 Å². The highest BCUT2D eigenvalue weighted by molar-refractivity contribution is 6.30. The number of hydrogen-bond acceptors (Lipinski definition) is 4. The number of rotatable bonds is 3. The second-order valence-electron chi connectivity index (χ2n) is 7.70. The topological polar surface area (TPSA) is 77.0 Å². The molecule has 0 saturated heterocycles. The Morgan fingerprint density at radius 2 is 1.87 bits per heavy atom. The van der Waals surface area contributed by atoms with Crippen molar-refractivity contribution in [1.29, 1.82) is 0 Å². The normalized spacial score (nSPS) is 23.6. The Morgan fingerprint density at radius 1 is 1.19 bits per heavy atom. The lowest BCUT2D eigenvalue weighted by molar-refractivity contribution is -0.145. The molecule has 0 unspecified atom stereocenters. The largest absolute Gasteiger partial charge is 0.453 e. The lowest BCUT2D eigenvalue weighted by Crippen LogP contribution is -2.51. The lowest BCUT2D eigenvalue weighted by atomic mass is 9.68. The van der Waals surface area contributed by atoms with Crippen LogP contribution in [0.4, 0.5) is 13.2 Å². The van der Waals surface area contributed by atoms with Gasteiger partial charge < -0.3 is 10.6 Å². The minimum atomic E-state index is -4.67. The summed E-state index contributed by atoms with van der Waals surface area (Å²) in [5.41, 5.74) is 7.01. The number of fused-ring (bicyclic) bond motifs is 1. The van der Waals surface area contributed by atoms with Gasteiger partial charge in [-0.1, -0.05) is 23.7 Å². The van der Waals surface area contributed by atoms with Gasteiger partial charge in [-0.25, -0.2) is 4.68 Å². The summed E-state index contributed by atoms with van der Waals surface area (Å²) in [7, 11) is 0. The van der Waals surface area contributed by atoms with E-state index in [0.717, 1.165) is 35.9 Å². The average molecular weight is 501 g/mol. The summed E-state index contributed by atoms with van der Waals surface area (Å²) in [5.74, 6) is -2.00. The number of nitrogens with zero attached hydrogens (tertiary/aromatic N) is 4. The molecule has 0 atom stereocenters. The van der Waals surface area contributed by atoms with Gasteiger partial charge in [0, 0.05) is 29.6 Å². The van der Waals surface area contributed by atoms with E-state index in [9.17, 15) is 18.0 Å². The van der Waals surface area contributed by atoms with Crippen LogP contribution in [0, 0.1) is 0 Å². The first-order valence-electron chi connectivity index (χ1n) is 9.53. The number of alkyl halides is 3. The number of halogens is 6. The van der Waals surface area contributed by atoms with Crippen molar-refractivity contribution in [3.63, 3.8) is 0 Å². The maximum Gasteiger partial charge on any atom is 0.453 e. The molecule has 1 fully saturated rings. The van der Waals surface area contributed by atoms with E-state index in [1.807, 2.05) is 24.3 Å². The van der Waals surface area contributed by atoms with Crippen LogP contribution in [0.1, 0.15) is 47.7 Å². The second-order valence-corrected chi connectivity index (χ2v) is 8.14. The fourth-order valence-electron chi connectivity index (χ4n) is 4.45. The van der Waals surface area contributed by atoms with Gasteiger partial charge in [-0.3, -0.25) is 4.79 Å². The second kappa shape index (κ2) is 9.52. The van der Waals surface area contributed by atoms with Gasteiger partial charge in [0.1, 0.15) is 0 Å². The summed E-state index contributed by atoms with van der Waals surface area (Å²) < 4.78 is 39.7. The molecular formula is C19H23Cl3F3N5O. The summed E-state index contributed by atoms with van der Waals surface area (Å²) in [6.45, 7) is 0.998. The third-order valence-corrected chi connectivity index (χ3v) is 6.35. The van der Waals surface area contributed by atoms with E-state index in [1.165, 1.54) is 0 Å². The van der Waals surface area contributed by atoms with Gasteiger partial charge in [0.15, 0.2) is 0 Å². The lowest BCUT2D eigenvalue weighted by Gasteiger charge is -2.44. The van der Waals surface area contributed by atoms with Gasteiger partial charge >= 0.3 is 6.18 Å². The Hall–Kier alpha value is -1.55. The van der Waals surface area contributed by atoms with Crippen LogP contribution in [0.5, 0.6) is 0 Å². The van der Waals surface area contributed by atoms with E-state index < -0.39 is 17.9 Å². The van der Waals surface area contributed by atoms with Crippen molar-refractivity contribution in [2.45, 2.75) is 49.9 Å². The van der Waals surface area contributed by atoms with Crippen molar-refractivity contribution < 1.29 is 18.0 Å². The molecule has 12 heteroatoms. The summed E-state index contributed by atoms with van der Waals surface area (Å²) in [6.07, 6.45) is -1.68. The number of nitrogens with two attached hydrogens (primary N) is 1. The molecule has 0 bridgehead atoms. The molecule has 31 heavy (non-hydrogen) atoms. The molecule has 2 heterocycles. The minimum Gasteiger partial charge on any atom is -0.331 e.